The van der Waals surface area contributed by atoms with E-state index in [-0.39, 0.29) is 18.3 Å². The van der Waals surface area contributed by atoms with Crippen molar-refractivity contribution in [2.45, 2.75) is 62.2 Å². The topological polar surface area (TPSA) is 43.4 Å². The fourth-order valence-electron chi connectivity index (χ4n) is 2.90. The normalized spacial score (nSPS) is 14.9. The van der Waals surface area contributed by atoms with Crippen LogP contribution in [0.25, 0.3) is 0 Å². The third-order valence-electron chi connectivity index (χ3n) is 4.32. The number of benzene rings is 2. The molecule has 0 radical (unpaired) electrons. The lowest BCUT2D eigenvalue weighted by molar-refractivity contribution is -0.155. The van der Waals surface area contributed by atoms with Crippen LogP contribution in [0.3, 0.4) is 0 Å². The highest BCUT2D eigenvalue weighted by molar-refractivity contribution is 7.87. The molecule has 2 aromatic rings. The zero-order valence-electron chi connectivity index (χ0n) is 17.0. The molecule has 0 amide bonds. The molecule has 2 aromatic carbocycles. The molecule has 3 nitrogen and oxygen atoms in total. The summed E-state index contributed by atoms with van der Waals surface area (Å²) in [5, 5.41) is 0. The van der Waals surface area contributed by atoms with Gasteiger partial charge < -0.3 is 4.74 Å². The summed E-state index contributed by atoms with van der Waals surface area (Å²) in [4.78, 5) is 13.1. The first kappa shape index (κ1) is 22.6. The SMILES string of the molecule is Cc1ccc(S(=O)[C@H](Cl)[C@@H](CCc2ccccc2)CC(=O)OC(C)(C)C)cc1. The summed E-state index contributed by atoms with van der Waals surface area (Å²) in [5.41, 5.74) is 1.71. The number of alkyl halides is 1. The number of hydrogen-bond acceptors (Lipinski definition) is 3. The highest BCUT2D eigenvalue weighted by atomic mass is 35.5. The number of rotatable bonds is 8. The van der Waals surface area contributed by atoms with Gasteiger partial charge in [0.15, 0.2) is 0 Å². The second kappa shape index (κ2) is 10.2. The number of carbonyl (C=O) groups excluding carboxylic acids is 1. The van der Waals surface area contributed by atoms with E-state index in [1.54, 1.807) is 0 Å². The quantitative estimate of drug-likeness (QED) is 0.409. The third kappa shape index (κ3) is 7.40. The molecule has 0 aromatic heterocycles. The van der Waals surface area contributed by atoms with Gasteiger partial charge in [0, 0.05) is 4.90 Å². The van der Waals surface area contributed by atoms with E-state index in [4.69, 9.17) is 16.3 Å². The van der Waals surface area contributed by atoms with E-state index in [1.807, 2.05) is 82.3 Å². The third-order valence-corrected chi connectivity index (χ3v) is 6.70. The van der Waals surface area contributed by atoms with E-state index in [0.717, 1.165) is 12.0 Å². The lowest BCUT2D eigenvalue weighted by Gasteiger charge is -2.24. The summed E-state index contributed by atoms with van der Waals surface area (Å²) in [5.74, 6) is -0.559. The van der Waals surface area contributed by atoms with Crippen LogP contribution in [0, 0.1) is 12.8 Å². The Labute approximate surface area is 175 Å². The molecule has 0 heterocycles. The molecule has 0 bridgehead atoms. The number of ether oxygens (including phenoxy) is 1. The van der Waals surface area contributed by atoms with Crippen molar-refractivity contribution < 1.29 is 13.7 Å². The van der Waals surface area contributed by atoms with E-state index in [1.165, 1.54) is 5.56 Å². The Balaban J connectivity index is 2.13. The number of aryl methyl sites for hydroxylation is 2. The van der Waals surface area contributed by atoms with Crippen LogP contribution in [0.15, 0.2) is 59.5 Å². The minimum atomic E-state index is -1.41. The zero-order valence-corrected chi connectivity index (χ0v) is 18.6. The van der Waals surface area contributed by atoms with Crippen LogP contribution in [0.5, 0.6) is 0 Å². The van der Waals surface area contributed by atoms with Crippen molar-refractivity contribution in [3.63, 3.8) is 0 Å². The molecular formula is C23H29ClO3S. The fourth-order valence-corrected chi connectivity index (χ4v) is 4.67. The standard InChI is InChI=1S/C23H29ClO3S/c1-17-10-14-20(15-11-17)28(26)22(24)19(16-21(25)27-23(2,3)4)13-12-18-8-6-5-7-9-18/h5-11,14-15,19,22H,12-13,16H2,1-4H3/t19-,22-,28?/m0/s1. The second-order valence-electron chi connectivity index (χ2n) is 8.04. The zero-order chi connectivity index (χ0) is 20.7. The molecule has 0 saturated carbocycles. The first-order valence-corrected chi connectivity index (χ1v) is 11.2. The number of esters is 1. The molecule has 152 valence electrons. The molecule has 0 fully saturated rings. The van der Waals surface area contributed by atoms with Gasteiger partial charge in [0.1, 0.15) is 10.3 Å². The largest absolute Gasteiger partial charge is 0.460 e. The van der Waals surface area contributed by atoms with Crippen molar-refractivity contribution in [3.8, 4) is 0 Å². The van der Waals surface area contributed by atoms with Crippen molar-refractivity contribution in [1.82, 2.24) is 0 Å². The minimum Gasteiger partial charge on any atom is -0.460 e. The van der Waals surface area contributed by atoms with E-state index in [2.05, 4.69) is 0 Å². The summed E-state index contributed by atoms with van der Waals surface area (Å²) >= 11 is 6.65. The summed E-state index contributed by atoms with van der Waals surface area (Å²) in [6.45, 7) is 7.50. The van der Waals surface area contributed by atoms with E-state index in [9.17, 15) is 9.00 Å². The average Bonchev–Trinajstić information content (AvgIpc) is 2.64. The van der Waals surface area contributed by atoms with Gasteiger partial charge in [-0.1, -0.05) is 48.0 Å². The maximum absolute atomic E-state index is 13.0. The van der Waals surface area contributed by atoms with Crippen LogP contribution in [-0.4, -0.2) is 20.5 Å². The van der Waals surface area contributed by atoms with Gasteiger partial charge in [-0.15, -0.1) is 11.6 Å². The van der Waals surface area contributed by atoms with Gasteiger partial charge in [-0.3, -0.25) is 9.00 Å². The second-order valence-corrected chi connectivity index (χ2v) is 10.3. The van der Waals surface area contributed by atoms with Crippen LogP contribution < -0.4 is 0 Å². The van der Waals surface area contributed by atoms with Crippen LogP contribution in [0.4, 0.5) is 0 Å². The molecule has 0 aliphatic carbocycles. The van der Waals surface area contributed by atoms with E-state index in [0.29, 0.717) is 11.3 Å². The van der Waals surface area contributed by atoms with Crippen molar-refractivity contribution in [3.05, 3.63) is 65.7 Å². The molecule has 2 rings (SSSR count). The van der Waals surface area contributed by atoms with Crippen molar-refractivity contribution in [1.29, 1.82) is 0 Å². The Morgan fingerprint density at radius 1 is 1.07 bits per heavy atom. The smallest absolute Gasteiger partial charge is 0.306 e. The Morgan fingerprint density at radius 2 is 1.68 bits per heavy atom. The van der Waals surface area contributed by atoms with Gasteiger partial charge in [-0.05, 0) is 64.2 Å². The number of halogens is 1. The Morgan fingerprint density at radius 3 is 2.25 bits per heavy atom. The fraction of sp³-hybridized carbons (Fsp3) is 0.435. The summed E-state index contributed by atoms with van der Waals surface area (Å²) in [6.07, 6.45) is 1.58. The Hall–Kier alpha value is -1.65. The first-order chi connectivity index (χ1) is 13.2. The van der Waals surface area contributed by atoms with Crippen LogP contribution >= 0.6 is 11.6 Å². The van der Waals surface area contributed by atoms with Crippen molar-refractivity contribution in [2.24, 2.45) is 5.92 Å². The molecule has 0 aliphatic heterocycles. The average molecular weight is 421 g/mol. The maximum atomic E-state index is 13.0. The Kier molecular flexibility index (Phi) is 8.26. The number of hydrogen-bond donors (Lipinski definition) is 0. The highest BCUT2D eigenvalue weighted by Gasteiger charge is 2.30. The van der Waals surface area contributed by atoms with Gasteiger partial charge in [-0.25, -0.2) is 0 Å². The molecule has 1 unspecified atom stereocenters. The molecule has 0 spiro atoms. The van der Waals surface area contributed by atoms with Gasteiger partial charge >= 0.3 is 5.97 Å². The monoisotopic (exact) mass is 420 g/mol. The van der Waals surface area contributed by atoms with Crippen LogP contribution in [-0.2, 0) is 26.8 Å². The molecular weight excluding hydrogens is 392 g/mol. The summed E-state index contributed by atoms with van der Waals surface area (Å²) in [7, 11) is -1.41. The molecule has 3 atom stereocenters. The van der Waals surface area contributed by atoms with Gasteiger partial charge in [0.2, 0.25) is 0 Å². The maximum Gasteiger partial charge on any atom is 0.306 e. The van der Waals surface area contributed by atoms with E-state index < -0.39 is 21.1 Å². The lowest BCUT2D eigenvalue weighted by atomic mass is 9.98. The van der Waals surface area contributed by atoms with Gasteiger partial charge in [-0.2, -0.15) is 0 Å². The minimum absolute atomic E-state index is 0.149. The Bertz CT molecular complexity index is 782. The molecule has 28 heavy (non-hydrogen) atoms. The summed E-state index contributed by atoms with van der Waals surface area (Å²) < 4.78 is 17.8. The molecule has 0 saturated heterocycles. The van der Waals surface area contributed by atoms with Crippen molar-refractivity contribution in [2.75, 3.05) is 0 Å². The highest BCUT2D eigenvalue weighted by Crippen LogP contribution is 2.29. The predicted molar refractivity (Wildman–Crippen MR) is 116 cm³/mol. The van der Waals surface area contributed by atoms with Crippen LogP contribution in [0.2, 0.25) is 0 Å². The first-order valence-electron chi connectivity index (χ1n) is 9.53. The summed E-state index contributed by atoms with van der Waals surface area (Å²) in [6, 6.07) is 17.5. The predicted octanol–water partition coefficient (Wildman–Crippen LogP) is 5.65. The molecule has 0 aliphatic rings. The van der Waals surface area contributed by atoms with Crippen LogP contribution in [0.1, 0.15) is 44.7 Å². The number of carbonyl (C=O) groups is 1. The molecule has 5 heteroatoms. The lowest BCUT2D eigenvalue weighted by Crippen LogP contribution is -2.29. The van der Waals surface area contributed by atoms with Gasteiger partial charge in [0.25, 0.3) is 0 Å². The molecule has 0 N–H and O–H groups in total. The van der Waals surface area contributed by atoms with E-state index >= 15 is 0 Å². The van der Waals surface area contributed by atoms with Gasteiger partial charge in [0.05, 0.1) is 17.2 Å². The van der Waals surface area contributed by atoms with Crippen molar-refractivity contribution >= 4 is 28.4 Å².